The molecule has 0 amide bonds. The van der Waals surface area contributed by atoms with E-state index in [2.05, 4.69) is 0 Å². The molecule has 10 atom stereocenters. The molecular formula is C33H40O18. The zero-order chi connectivity index (χ0) is 37.4. The van der Waals surface area contributed by atoms with E-state index >= 15 is 0 Å². The smallest absolute Gasteiger partial charge is 0.331 e. The van der Waals surface area contributed by atoms with Crippen LogP contribution in [0.15, 0.2) is 42.5 Å². The lowest BCUT2D eigenvalue weighted by Crippen LogP contribution is -2.66. The van der Waals surface area contributed by atoms with Crippen molar-refractivity contribution in [1.29, 1.82) is 0 Å². The molecule has 18 nitrogen and oxygen atoms in total. The number of phenolic OH excluding ortho intramolecular Hbond substituents is 4. The topological polar surface area (TPSA) is 278 Å². The first-order chi connectivity index (χ1) is 24.2. The van der Waals surface area contributed by atoms with Crippen molar-refractivity contribution in [2.45, 2.75) is 81.7 Å². The number of rotatable bonds is 13. The van der Waals surface area contributed by atoms with Crippen LogP contribution in [0.25, 0.3) is 6.08 Å². The largest absolute Gasteiger partial charge is 0.504 e. The molecule has 8 N–H and O–H groups in total. The van der Waals surface area contributed by atoms with Gasteiger partial charge in [-0.2, -0.15) is 0 Å². The molecule has 0 saturated carbocycles. The van der Waals surface area contributed by atoms with Crippen molar-refractivity contribution in [3.05, 3.63) is 53.6 Å². The van der Waals surface area contributed by atoms with Gasteiger partial charge in [0.25, 0.3) is 0 Å². The number of esters is 3. The summed E-state index contributed by atoms with van der Waals surface area (Å²) < 4.78 is 39.4. The number of carbonyl (C=O) groups is 3. The molecule has 280 valence electrons. The fourth-order valence-corrected chi connectivity index (χ4v) is 5.29. The van der Waals surface area contributed by atoms with Crippen LogP contribution in [0.5, 0.6) is 23.0 Å². The summed E-state index contributed by atoms with van der Waals surface area (Å²) in [5.41, 5.74) is 0.814. The molecule has 18 heteroatoms. The fraction of sp³-hybridized carbons (Fsp3) is 0.485. The van der Waals surface area contributed by atoms with E-state index in [0.29, 0.717) is 5.56 Å². The Morgan fingerprint density at radius 3 is 2.04 bits per heavy atom. The fourth-order valence-electron chi connectivity index (χ4n) is 5.29. The second kappa shape index (κ2) is 17.6. The van der Waals surface area contributed by atoms with Crippen LogP contribution in [0, 0.1) is 0 Å². The molecule has 0 aromatic heterocycles. The number of ether oxygens (including phenoxy) is 7. The Bertz CT molecular complexity index is 1550. The van der Waals surface area contributed by atoms with E-state index in [1.54, 1.807) is 0 Å². The van der Waals surface area contributed by atoms with E-state index in [-0.39, 0.29) is 30.1 Å². The zero-order valence-corrected chi connectivity index (χ0v) is 27.4. The maximum atomic E-state index is 13.1. The van der Waals surface area contributed by atoms with Crippen LogP contribution >= 0.6 is 0 Å². The molecule has 0 spiro atoms. The minimum atomic E-state index is -1.96. The van der Waals surface area contributed by atoms with Crippen LogP contribution in [0.2, 0.25) is 0 Å². The van der Waals surface area contributed by atoms with Crippen molar-refractivity contribution in [3.63, 3.8) is 0 Å². The Balaban J connectivity index is 1.64. The first-order valence-electron chi connectivity index (χ1n) is 15.6. The zero-order valence-electron chi connectivity index (χ0n) is 27.4. The predicted molar refractivity (Wildman–Crippen MR) is 168 cm³/mol. The van der Waals surface area contributed by atoms with E-state index in [1.165, 1.54) is 36.4 Å². The monoisotopic (exact) mass is 724 g/mol. The summed E-state index contributed by atoms with van der Waals surface area (Å²) in [4.78, 5) is 36.9. The number of benzene rings is 2. The standard InChI is InChI=1S/C33H40O18/c1-15(35)46-14-24-26(42)27(43)28(44)32(49-24)51-30-29(50-25(41)8-5-17-3-6-19(37)21(39)11-17)23(13-34)48-33(31(30)47-16(2)36)45-10-9-18-4-7-20(38)22(40)12-18/h3-8,11-12,23-24,26-34,37-40,42-44H,9-10,13-14H2,1-2H3/b8-5+/t23-,24-,26-,27+,28-,29-,30+,31-,32+,33-/m1/s1. The van der Waals surface area contributed by atoms with E-state index in [0.717, 1.165) is 26.0 Å². The maximum absolute atomic E-state index is 13.1. The lowest BCUT2D eigenvalue weighted by atomic mass is 9.96. The Morgan fingerprint density at radius 1 is 0.745 bits per heavy atom. The predicted octanol–water partition coefficient (Wildman–Crippen LogP) is -0.902. The van der Waals surface area contributed by atoms with Gasteiger partial charge in [0.1, 0.15) is 43.2 Å². The summed E-state index contributed by atoms with van der Waals surface area (Å²) in [6, 6.07) is 7.81. The normalized spacial score (nSPS) is 29.4. The molecule has 0 unspecified atom stereocenters. The molecule has 2 fully saturated rings. The quantitative estimate of drug-likeness (QED) is 0.0538. The Labute approximate surface area is 290 Å². The van der Waals surface area contributed by atoms with Crippen molar-refractivity contribution in [2.24, 2.45) is 0 Å². The SMILES string of the molecule is CC(=O)OC[C@H]1O[C@@H](O[C@@H]2[C@@H](OC(C)=O)[C@H](OCCc3ccc(O)c(O)c3)O[C@H](CO)[C@H]2OC(=O)/C=C/c2ccc(O)c(O)c2)[C@H](O)[C@@H](O)[C@@H]1O. The number of phenols is 4. The lowest BCUT2D eigenvalue weighted by molar-refractivity contribution is -0.360. The van der Waals surface area contributed by atoms with Crippen LogP contribution < -0.4 is 0 Å². The summed E-state index contributed by atoms with van der Waals surface area (Å²) >= 11 is 0. The van der Waals surface area contributed by atoms with Gasteiger partial charge in [0, 0.05) is 19.9 Å². The third kappa shape index (κ3) is 10.3. The van der Waals surface area contributed by atoms with Crippen molar-refractivity contribution < 1.29 is 88.4 Å². The van der Waals surface area contributed by atoms with Crippen molar-refractivity contribution in [3.8, 4) is 23.0 Å². The number of hydrogen-bond acceptors (Lipinski definition) is 18. The van der Waals surface area contributed by atoms with Crippen LogP contribution in [0.1, 0.15) is 25.0 Å². The molecule has 4 rings (SSSR count). The average molecular weight is 725 g/mol. The Hall–Kier alpha value is -4.53. The van der Waals surface area contributed by atoms with Gasteiger partial charge < -0.3 is 74.0 Å². The molecular weight excluding hydrogens is 684 g/mol. The highest BCUT2D eigenvalue weighted by Gasteiger charge is 2.54. The number of aliphatic hydroxyl groups excluding tert-OH is 4. The Morgan fingerprint density at radius 2 is 1.41 bits per heavy atom. The summed E-state index contributed by atoms with van der Waals surface area (Å²) in [6.45, 7) is 0.606. The molecule has 2 aromatic rings. The van der Waals surface area contributed by atoms with Crippen LogP contribution in [0.4, 0.5) is 0 Å². The summed E-state index contributed by atoms with van der Waals surface area (Å²) in [6.07, 6.45) is -14.4. The van der Waals surface area contributed by atoms with Gasteiger partial charge in [-0.05, 0) is 47.9 Å². The van der Waals surface area contributed by atoms with Gasteiger partial charge in [-0.25, -0.2) is 4.79 Å². The molecule has 0 bridgehead atoms. The van der Waals surface area contributed by atoms with Crippen molar-refractivity contribution in [2.75, 3.05) is 19.8 Å². The third-order valence-corrected chi connectivity index (χ3v) is 7.86. The van der Waals surface area contributed by atoms with Gasteiger partial charge in [-0.15, -0.1) is 0 Å². The van der Waals surface area contributed by atoms with Crippen molar-refractivity contribution in [1.82, 2.24) is 0 Å². The second-order valence-electron chi connectivity index (χ2n) is 11.6. The highest BCUT2D eigenvalue weighted by Crippen LogP contribution is 2.34. The molecule has 2 aromatic carbocycles. The number of aliphatic hydroxyl groups is 4. The number of hydrogen-bond donors (Lipinski definition) is 8. The minimum Gasteiger partial charge on any atom is -0.504 e. The second-order valence-corrected chi connectivity index (χ2v) is 11.6. The molecule has 2 aliphatic heterocycles. The van der Waals surface area contributed by atoms with Gasteiger partial charge >= 0.3 is 17.9 Å². The minimum absolute atomic E-state index is 0.137. The van der Waals surface area contributed by atoms with E-state index < -0.39 is 104 Å². The van der Waals surface area contributed by atoms with Gasteiger partial charge in [-0.1, -0.05) is 12.1 Å². The van der Waals surface area contributed by atoms with Crippen LogP contribution in [-0.4, -0.2) is 140 Å². The molecule has 51 heavy (non-hydrogen) atoms. The first kappa shape index (κ1) is 39.3. The number of carbonyl (C=O) groups excluding carboxylic acids is 3. The maximum Gasteiger partial charge on any atom is 0.331 e. The highest BCUT2D eigenvalue weighted by atomic mass is 16.8. The van der Waals surface area contributed by atoms with E-state index in [1.807, 2.05) is 0 Å². The first-order valence-corrected chi connectivity index (χ1v) is 15.6. The van der Waals surface area contributed by atoms with Gasteiger partial charge in [-0.3, -0.25) is 9.59 Å². The summed E-state index contributed by atoms with van der Waals surface area (Å²) in [5, 5.41) is 81.0. The third-order valence-electron chi connectivity index (χ3n) is 7.86. The summed E-state index contributed by atoms with van der Waals surface area (Å²) in [7, 11) is 0. The summed E-state index contributed by atoms with van der Waals surface area (Å²) in [5.74, 6) is -4.24. The molecule has 2 heterocycles. The van der Waals surface area contributed by atoms with Gasteiger partial charge in [0.05, 0.1) is 13.2 Å². The molecule has 2 saturated heterocycles. The molecule has 0 radical (unpaired) electrons. The average Bonchev–Trinajstić information content (AvgIpc) is 3.08. The molecule has 0 aliphatic carbocycles. The Kier molecular flexibility index (Phi) is 13.6. The number of aromatic hydroxyl groups is 4. The van der Waals surface area contributed by atoms with Gasteiger partial charge in [0.15, 0.2) is 47.8 Å². The van der Waals surface area contributed by atoms with Crippen LogP contribution in [0.3, 0.4) is 0 Å². The lowest BCUT2D eigenvalue weighted by Gasteiger charge is -2.47. The molecule has 2 aliphatic rings. The van der Waals surface area contributed by atoms with E-state index in [4.69, 9.17) is 33.2 Å². The van der Waals surface area contributed by atoms with Crippen LogP contribution in [-0.2, 0) is 54.0 Å². The highest BCUT2D eigenvalue weighted by molar-refractivity contribution is 5.87. The van der Waals surface area contributed by atoms with Crippen molar-refractivity contribution >= 4 is 24.0 Å². The van der Waals surface area contributed by atoms with Gasteiger partial charge in [0.2, 0.25) is 0 Å². The van der Waals surface area contributed by atoms with E-state index in [9.17, 15) is 55.2 Å².